The molecule has 20 heavy (non-hydrogen) atoms. The quantitative estimate of drug-likeness (QED) is 0.668. The number of carbonyl (C=O) groups excluding carboxylic acids is 1. The molecule has 0 radical (unpaired) electrons. The average Bonchev–Trinajstić information content (AvgIpc) is 2.47. The molecule has 3 rings (SSSR count). The summed E-state index contributed by atoms with van der Waals surface area (Å²) in [7, 11) is 0. The van der Waals surface area contributed by atoms with Crippen LogP contribution in [0.1, 0.15) is 21.6 Å². The van der Waals surface area contributed by atoms with Crippen molar-refractivity contribution in [3.05, 3.63) is 71.4 Å². The first-order valence-electron chi connectivity index (χ1n) is 6.17. The lowest BCUT2D eigenvalue weighted by molar-refractivity contribution is 0.103. The molecule has 98 valence electrons. The molecule has 0 bridgehead atoms. The van der Waals surface area contributed by atoms with Crippen LogP contribution >= 0.6 is 0 Å². The zero-order chi connectivity index (χ0) is 14.1. The Balaban J connectivity index is 2.16. The van der Waals surface area contributed by atoms with E-state index in [0.29, 0.717) is 0 Å². The average molecular weight is 266 g/mol. The van der Waals surface area contributed by atoms with Gasteiger partial charge in [-0.25, -0.2) is 9.37 Å². The van der Waals surface area contributed by atoms with E-state index < -0.39 is 11.6 Å². The second kappa shape index (κ2) is 4.81. The van der Waals surface area contributed by atoms with Gasteiger partial charge < -0.3 is 0 Å². The summed E-state index contributed by atoms with van der Waals surface area (Å²) in [6, 6.07) is 10.6. The first-order chi connectivity index (χ1) is 9.66. The molecule has 0 saturated heterocycles. The van der Waals surface area contributed by atoms with Crippen LogP contribution in [0.2, 0.25) is 0 Å². The fraction of sp³-hybridized carbons (Fsp3) is 0.0625. The summed E-state index contributed by atoms with van der Waals surface area (Å²) in [5.74, 6) is -1.07. The van der Waals surface area contributed by atoms with Gasteiger partial charge in [-0.15, -0.1) is 0 Å². The lowest BCUT2D eigenvalue weighted by atomic mass is 10.0. The van der Waals surface area contributed by atoms with Crippen molar-refractivity contribution in [2.24, 2.45) is 0 Å². The van der Waals surface area contributed by atoms with Crippen LogP contribution < -0.4 is 0 Å². The highest BCUT2D eigenvalue weighted by Gasteiger charge is 2.16. The minimum absolute atomic E-state index is 0.0119. The molecule has 3 nitrogen and oxygen atoms in total. The predicted octanol–water partition coefficient (Wildman–Crippen LogP) is 3.31. The third kappa shape index (κ3) is 2.05. The summed E-state index contributed by atoms with van der Waals surface area (Å²) in [5.41, 5.74) is 1.90. The summed E-state index contributed by atoms with van der Waals surface area (Å²) < 4.78 is 13.6. The van der Waals surface area contributed by atoms with Gasteiger partial charge in [0.15, 0.2) is 5.82 Å². The number of nitrogens with zero attached hydrogens (tertiary/aromatic N) is 2. The Morgan fingerprint density at radius 1 is 1.20 bits per heavy atom. The SMILES string of the molecule is Cc1cc(C(=O)c2ccncc2F)nc2ccccc12. The molecule has 0 fully saturated rings. The van der Waals surface area contributed by atoms with Crippen LogP contribution in [0.5, 0.6) is 0 Å². The van der Waals surface area contributed by atoms with Crippen molar-refractivity contribution < 1.29 is 9.18 Å². The highest BCUT2D eigenvalue weighted by atomic mass is 19.1. The van der Waals surface area contributed by atoms with Gasteiger partial charge in [-0.1, -0.05) is 18.2 Å². The van der Waals surface area contributed by atoms with Crippen LogP contribution in [0.3, 0.4) is 0 Å². The first-order valence-corrected chi connectivity index (χ1v) is 6.17. The molecule has 2 aromatic heterocycles. The molecule has 4 heteroatoms. The zero-order valence-corrected chi connectivity index (χ0v) is 10.8. The van der Waals surface area contributed by atoms with Crippen LogP contribution in [0, 0.1) is 12.7 Å². The van der Waals surface area contributed by atoms with Crippen molar-refractivity contribution >= 4 is 16.7 Å². The van der Waals surface area contributed by atoms with Crippen LogP contribution in [0.4, 0.5) is 4.39 Å². The molecule has 0 atom stereocenters. The summed E-state index contributed by atoms with van der Waals surface area (Å²) in [6.45, 7) is 1.91. The Hall–Kier alpha value is -2.62. The molecular weight excluding hydrogens is 255 g/mol. The minimum atomic E-state index is -0.634. The van der Waals surface area contributed by atoms with Gasteiger partial charge in [0.25, 0.3) is 0 Å². The highest BCUT2D eigenvalue weighted by molar-refractivity contribution is 6.09. The molecule has 0 spiro atoms. The van der Waals surface area contributed by atoms with E-state index in [4.69, 9.17) is 0 Å². The van der Waals surface area contributed by atoms with Gasteiger partial charge in [0.05, 0.1) is 17.3 Å². The monoisotopic (exact) mass is 266 g/mol. The normalized spacial score (nSPS) is 10.7. The van der Waals surface area contributed by atoms with E-state index in [1.165, 1.54) is 12.3 Å². The number of fused-ring (bicyclic) bond motifs is 1. The third-order valence-corrected chi connectivity index (χ3v) is 3.17. The number of aromatic nitrogens is 2. The maximum Gasteiger partial charge on any atom is 0.214 e. The third-order valence-electron chi connectivity index (χ3n) is 3.17. The smallest absolute Gasteiger partial charge is 0.214 e. The molecule has 2 heterocycles. The summed E-state index contributed by atoms with van der Waals surface area (Å²) in [6.07, 6.45) is 2.42. The Morgan fingerprint density at radius 2 is 2.00 bits per heavy atom. The van der Waals surface area contributed by atoms with Crippen molar-refractivity contribution in [2.75, 3.05) is 0 Å². The van der Waals surface area contributed by atoms with Gasteiger partial charge in [-0.3, -0.25) is 9.78 Å². The molecule has 3 aromatic rings. The largest absolute Gasteiger partial charge is 0.287 e. The predicted molar refractivity (Wildman–Crippen MR) is 74.1 cm³/mol. The van der Waals surface area contributed by atoms with Crippen molar-refractivity contribution in [1.29, 1.82) is 0 Å². The molecule has 0 aliphatic rings. The van der Waals surface area contributed by atoms with Crippen LogP contribution in [0.15, 0.2) is 48.8 Å². The number of hydrogen-bond donors (Lipinski definition) is 0. The number of benzene rings is 1. The summed E-state index contributed by atoms with van der Waals surface area (Å²) in [4.78, 5) is 20.3. The molecule has 1 aromatic carbocycles. The zero-order valence-electron chi connectivity index (χ0n) is 10.8. The maximum absolute atomic E-state index is 13.6. The Bertz CT molecular complexity index is 814. The summed E-state index contributed by atoms with van der Waals surface area (Å²) >= 11 is 0. The number of ketones is 1. The van der Waals surface area contributed by atoms with E-state index in [-0.39, 0.29) is 11.3 Å². The lowest BCUT2D eigenvalue weighted by Gasteiger charge is -2.06. The molecule has 0 aliphatic heterocycles. The van der Waals surface area contributed by atoms with Gasteiger partial charge in [0.1, 0.15) is 5.69 Å². The number of aryl methyl sites for hydroxylation is 1. The second-order valence-electron chi connectivity index (χ2n) is 4.53. The Labute approximate surface area is 115 Å². The van der Waals surface area contributed by atoms with Crippen molar-refractivity contribution in [2.45, 2.75) is 6.92 Å². The molecular formula is C16H11FN2O. The Morgan fingerprint density at radius 3 is 2.80 bits per heavy atom. The number of halogens is 1. The first kappa shape index (κ1) is 12.4. The number of carbonyl (C=O) groups is 1. The van der Waals surface area contributed by atoms with Gasteiger partial charge in [-0.05, 0) is 30.7 Å². The molecule has 0 saturated carbocycles. The van der Waals surface area contributed by atoms with Gasteiger partial charge in [0, 0.05) is 11.6 Å². The van der Waals surface area contributed by atoms with Gasteiger partial charge >= 0.3 is 0 Å². The van der Waals surface area contributed by atoms with E-state index in [9.17, 15) is 9.18 Å². The van der Waals surface area contributed by atoms with E-state index in [0.717, 1.165) is 22.7 Å². The molecule has 0 unspecified atom stereocenters. The van der Waals surface area contributed by atoms with Crippen LogP contribution in [0.25, 0.3) is 10.9 Å². The number of hydrogen-bond acceptors (Lipinski definition) is 3. The fourth-order valence-electron chi connectivity index (χ4n) is 2.16. The van der Waals surface area contributed by atoms with Crippen molar-refractivity contribution in [1.82, 2.24) is 9.97 Å². The van der Waals surface area contributed by atoms with Crippen molar-refractivity contribution in [3.63, 3.8) is 0 Å². The van der Waals surface area contributed by atoms with Crippen LogP contribution in [-0.4, -0.2) is 15.8 Å². The number of rotatable bonds is 2. The standard InChI is InChI=1S/C16H11FN2O/c1-10-8-15(19-14-5-3-2-4-11(10)14)16(20)12-6-7-18-9-13(12)17/h2-9H,1H3. The van der Waals surface area contributed by atoms with E-state index in [1.807, 2.05) is 31.2 Å². The second-order valence-corrected chi connectivity index (χ2v) is 4.53. The van der Waals surface area contributed by atoms with Crippen molar-refractivity contribution in [3.8, 4) is 0 Å². The molecule has 0 aliphatic carbocycles. The van der Waals surface area contributed by atoms with E-state index in [2.05, 4.69) is 9.97 Å². The summed E-state index contributed by atoms with van der Waals surface area (Å²) in [5, 5.41) is 0.985. The molecule has 0 amide bonds. The van der Waals surface area contributed by atoms with Crippen LogP contribution in [-0.2, 0) is 0 Å². The lowest BCUT2D eigenvalue weighted by Crippen LogP contribution is -2.07. The van der Waals surface area contributed by atoms with Gasteiger partial charge in [0.2, 0.25) is 5.78 Å². The van der Waals surface area contributed by atoms with Gasteiger partial charge in [-0.2, -0.15) is 0 Å². The minimum Gasteiger partial charge on any atom is -0.287 e. The highest BCUT2D eigenvalue weighted by Crippen LogP contribution is 2.19. The van der Waals surface area contributed by atoms with E-state index in [1.54, 1.807) is 6.07 Å². The number of para-hydroxylation sites is 1. The van der Waals surface area contributed by atoms with E-state index >= 15 is 0 Å². The number of pyridine rings is 2. The Kier molecular flexibility index (Phi) is 2.99. The molecule has 0 N–H and O–H groups in total. The topological polar surface area (TPSA) is 42.9 Å². The maximum atomic E-state index is 13.6. The fourth-order valence-corrected chi connectivity index (χ4v) is 2.16.